The van der Waals surface area contributed by atoms with Crippen LogP contribution >= 0.6 is 0 Å². The Morgan fingerprint density at radius 2 is 1.79 bits per heavy atom. The third-order valence-corrected chi connectivity index (χ3v) is 3.92. The third-order valence-electron chi connectivity index (χ3n) is 2.64. The smallest absolute Gasteiger partial charge is 0.318 e. The number of hydrogen-bond acceptors (Lipinski definition) is 5. The van der Waals surface area contributed by atoms with E-state index < -0.39 is 16.8 Å². The number of methoxy groups -OCH3 is 1. The van der Waals surface area contributed by atoms with Gasteiger partial charge in [0.1, 0.15) is 5.75 Å². The summed E-state index contributed by atoms with van der Waals surface area (Å²) in [5.74, 6) is -1.22. The largest absolute Gasteiger partial charge is 0.504 e. The van der Waals surface area contributed by atoms with E-state index in [1.165, 1.54) is 19.2 Å². The average Bonchev–Trinajstić information content (AvgIpc) is 2.39. The van der Waals surface area contributed by atoms with E-state index in [1.807, 2.05) is 0 Å². The van der Waals surface area contributed by atoms with Crippen molar-refractivity contribution in [2.24, 2.45) is 0 Å². The first-order valence-electron chi connectivity index (χ1n) is 5.42. The van der Waals surface area contributed by atoms with E-state index >= 15 is 0 Å². The lowest BCUT2D eigenvalue weighted by Crippen LogP contribution is -2.11. The summed E-state index contributed by atoms with van der Waals surface area (Å²) in [5.41, 5.74) is 0. The summed E-state index contributed by atoms with van der Waals surface area (Å²) >= 11 is 0. The van der Waals surface area contributed by atoms with Crippen LogP contribution in [0.25, 0.3) is 10.8 Å². The maximum Gasteiger partial charge on any atom is 0.318 e. The number of carbonyl (C=O) groups excluding carboxylic acids is 1. The molecule has 0 aromatic heterocycles. The van der Waals surface area contributed by atoms with Gasteiger partial charge in [0.05, 0.1) is 17.9 Å². The summed E-state index contributed by atoms with van der Waals surface area (Å²) in [6.45, 7) is 0. The van der Waals surface area contributed by atoms with E-state index in [-0.39, 0.29) is 17.3 Å². The molecule has 0 radical (unpaired) electrons. The maximum atomic E-state index is 11.9. The van der Waals surface area contributed by atoms with Crippen molar-refractivity contribution >= 4 is 27.5 Å². The van der Waals surface area contributed by atoms with Gasteiger partial charge in [-0.2, -0.15) is 0 Å². The minimum atomic E-state index is -1.50. The predicted molar refractivity (Wildman–Crippen MR) is 70.6 cm³/mol. The highest BCUT2D eigenvalue weighted by molar-refractivity contribution is 7.85. The van der Waals surface area contributed by atoms with Gasteiger partial charge in [-0.25, -0.2) is 0 Å². The molecule has 2 N–H and O–H groups in total. The SMILES string of the molecule is COC(=O)CS(=O)c1ccc2cc(O)c(O)cc2c1. The fourth-order valence-corrected chi connectivity index (χ4v) is 2.62. The molecule has 0 aliphatic carbocycles. The lowest BCUT2D eigenvalue weighted by molar-refractivity contribution is -0.137. The Hall–Kier alpha value is -2.08. The number of fused-ring (bicyclic) bond motifs is 1. The van der Waals surface area contributed by atoms with Crippen LogP contribution in [-0.4, -0.2) is 33.3 Å². The second-order valence-corrected chi connectivity index (χ2v) is 5.37. The van der Waals surface area contributed by atoms with Crippen LogP contribution in [0, 0.1) is 0 Å². The fourth-order valence-electron chi connectivity index (χ4n) is 1.64. The molecule has 1 unspecified atom stereocenters. The second kappa shape index (κ2) is 5.27. The monoisotopic (exact) mass is 280 g/mol. The Balaban J connectivity index is 2.38. The van der Waals surface area contributed by atoms with Gasteiger partial charge in [0, 0.05) is 4.90 Å². The lowest BCUT2D eigenvalue weighted by Gasteiger charge is -2.05. The molecule has 0 saturated carbocycles. The first-order chi connectivity index (χ1) is 9.01. The number of rotatable bonds is 3. The summed E-state index contributed by atoms with van der Waals surface area (Å²) in [5, 5.41) is 20.1. The maximum absolute atomic E-state index is 11.9. The van der Waals surface area contributed by atoms with Crippen LogP contribution < -0.4 is 0 Å². The van der Waals surface area contributed by atoms with Gasteiger partial charge in [0.15, 0.2) is 11.5 Å². The van der Waals surface area contributed by atoms with Crippen molar-refractivity contribution in [3.63, 3.8) is 0 Å². The fraction of sp³-hybridized carbons (Fsp3) is 0.154. The normalized spacial score (nSPS) is 12.3. The van der Waals surface area contributed by atoms with Crippen LogP contribution in [0.3, 0.4) is 0 Å². The summed E-state index contributed by atoms with van der Waals surface area (Å²) in [4.78, 5) is 11.5. The van der Waals surface area contributed by atoms with E-state index in [4.69, 9.17) is 0 Å². The number of benzene rings is 2. The minimum Gasteiger partial charge on any atom is -0.504 e. The van der Waals surface area contributed by atoms with E-state index in [2.05, 4.69) is 4.74 Å². The number of hydrogen-bond donors (Lipinski definition) is 2. The molecule has 0 spiro atoms. The number of aromatic hydroxyl groups is 2. The minimum absolute atomic E-state index is 0.212. The van der Waals surface area contributed by atoms with E-state index in [9.17, 15) is 19.2 Å². The quantitative estimate of drug-likeness (QED) is 0.658. The highest BCUT2D eigenvalue weighted by Gasteiger charge is 2.11. The standard InChI is InChI=1S/C13H12O5S/c1-18-13(16)7-19(17)10-3-2-8-5-11(14)12(15)6-9(8)4-10/h2-6,14-15H,7H2,1H3. The summed E-state index contributed by atoms with van der Waals surface area (Å²) in [6.07, 6.45) is 0. The molecule has 2 aromatic rings. The Morgan fingerprint density at radius 3 is 2.42 bits per heavy atom. The second-order valence-electron chi connectivity index (χ2n) is 3.92. The number of carbonyl (C=O) groups is 1. The molecule has 0 saturated heterocycles. The molecule has 0 heterocycles. The molecule has 5 nitrogen and oxygen atoms in total. The molecule has 0 aliphatic rings. The molecule has 6 heteroatoms. The van der Waals surface area contributed by atoms with Gasteiger partial charge in [0.25, 0.3) is 0 Å². The zero-order chi connectivity index (χ0) is 14.0. The van der Waals surface area contributed by atoms with Crippen LogP contribution in [-0.2, 0) is 20.3 Å². The van der Waals surface area contributed by atoms with Gasteiger partial charge in [-0.05, 0) is 35.0 Å². The van der Waals surface area contributed by atoms with Crippen LogP contribution in [0.5, 0.6) is 11.5 Å². The van der Waals surface area contributed by atoms with Crippen LogP contribution in [0.4, 0.5) is 0 Å². The molecule has 1 atom stereocenters. The van der Waals surface area contributed by atoms with Crippen LogP contribution in [0.15, 0.2) is 35.2 Å². The van der Waals surface area contributed by atoms with Crippen molar-refractivity contribution in [2.45, 2.75) is 4.90 Å². The number of phenols is 2. The van der Waals surface area contributed by atoms with Crippen molar-refractivity contribution in [1.29, 1.82) is 0 Å². The summed E-state index contributed by atoms with van der Waals surface area (Å²) in [7, 11) is -0.263. The van der Waals surface area contributed by atoms with E-state index in [0.717, 1.165) is 0 Å². The van der Waals surface area contributed by atoms with Gasteiger partial charge in [-0.3, -0.25) is 9.00 Å². The zero-order valence-corrected chi connectivity index (χ0v) is 10.9. The molecule has 19 heavy (non-hydrogen) atoms. The van der Waals surface area contributed by atoms with Crippen LogP contribution in [0.1, 0.15) is 0 Å². The molecular weight excluding hydrogens is 268 g/mol. The highest BCUT2D eigenvalue weighted by atomic mass is 32.2. The van der Waals surface area contributed by atoms with Crippen molar-refractivity contribution in [3.05, 3.63) is 30.3 Å². The molecule has 100 valence electrons. The molecule has 0 amide bonds. The molecule has 2 rings (SSSR count). The van der Waals surface area contributed by atoms with Gasteiger partial charge >= 0.3 is 5.97 Å². The molecule has 2 aromatic carbocycles. The average molecular weight is 280 g/mol. The van der Waals surface area contributed by atoms with Crippen molar-refractivity contribution in [2.75, 3.05) is 12.9 Å². The topological polar surface area (TPSA) is 83.8 Å². The Labute approximate surface area is 111 Å². The summed E-state index contributed by atoms with van der Waals surface area (Å²) in [6, 6.07) is 7.67. The number of ether oxygens (including phenoxy) is 1. The van der Waals surface area contributed by atoms with Crippen molar-refractivity contribution in [1.82, 2.24) is 0 Å². The van der Waals surface area contributed by atoms with Crippen molar-refractivity contribution < 1.29 is 24.0 Å². The highest BCUT2D eigenvalue weighted by Crippen LogP contribution is 2.31. The molecule has 0 aliphatic heterocycles. The third kappa shape index (κ3) is 2.85. The molecule has 0 fully saturated rings. The number of esters is 1. The Morgan fingerprint density at radius 1 is 1.16 bits per heavy atom. The first-order valence-corrected chi connectivity index (χ1v) is 6.74. The summed E-state index contributed by atoms with van der Waals surface area (Å²) < 4.78 is 16.4. The molecular formula is C13H12O5S. The Kier molecular flexibility index (Phi) is 3.71. The first kappa shape index (κ1) is 13.4. The Bertz CT molecular complexity index is 665. The zero-order valence-electron chi connectivity index (χ0n) is 10.1. The lowest BCUT2D eigenvalue weighted by atomic mass is 10.1. The van der Waals surface area contributed by atoms with Crippen molar-refractivity contribution in [3.8, 4) is 11.5 Å². The van der Waals surface area contributed by atoms with Gasteiger partial charge < -0.3 is 14.9 Å². The van der Waals surface area contributed by atoms with Gasteiger partial charge in [-0.1, -0.05) is 6.07 Å². The molecule has 0 bridgehead atoms. The predicted octanol–water partition coefficient (Wildman–Crippen LogP) is 1.53. The van der Waals surface area contributed by atoms with E-state index in [1.54, 1.807) is 18.2 Å². The van der Waals surface area contributed by atoms with Gasteiger partial charge in [-0.15, -0.1) is 0 Å². The van der Waals surface area contributed by atoms with Gasteiger partial charge in [0.2, 0.25) is 0 Å². The number of phenolic OH excluding ortho intramolecular Hbond substituents is 2. The van der Waals surface area contributed by atoms with E-state index in [0.29, 0.717) is 15.7 Å². The van der Waals surface area contributed by atoms with Crippen LogP contribution in [0.2, 0.25) is 0 Å².